The number of aliphatic hydroxyl groups excluding tert-OH is 1. The fourth-order valence-electron chi connectivity index (χ4n) is 2.02. The van der Waals surface area contributed by atoms with Gasteiger partial charge in [-0.1, -0.05) is 28.1 Å². The van der Waals surface area contributed by atoms with Gasteiger partial charge in [0, 0.05) is 11.1 Å². The molecule has 1 aromatic carbocycles. The highest BCUT2D eigenvalue weighted by Gasteiger charge is 2.31. The summed E-state index contributed by atoms with van der Waals surface area (Å²) >= 11 is 3.44. The maximum absolute atomic E-state index is 9.02. The van der Waals surface area contributed by atoms with E-state index in [1.807, 2.05) is 0 Å². The number of benzene rings is 1. The zero-order chi connectivity index (χ0) is 9.97. The Morgan fingerprint density at radius 3 is 2.43 bits per heavy atom. The van der Waals surface area contributed by atoms with E-state index in [4.69, 9.17) is 5.11 Å². The first-order valence-corrected chi connectivity index (χ1v) is 5.97. The average molecular weight is 255 g/mol. The van der Waals surface area contributed by atoms with E-state index in [1.165, 1.54) is 18.4 Å². The SMILES string of the molecule is OCCC(c1ccc(Br)cc1)C1CC1. The Balaban J connectivity index is 2.13. The molecule has 1 aliphatic rings. The van der Waals surface area contributed by atoms with Gasteiger partial charge in [0.05, 0.1) is 0 Å². The first kappa shape index (κ1) is 10.2. The van der Waals surface area contributed by atoms with Crippen LogP contribution in [0, 0.1) is 5.92 Å². The van der Waals surface area contributed by atoms with Crippen molar-refractivity contribution in [2.24, 2.45) is 5.92 Å². The predicted molar refractivity (Wildman–Crippen MR) is 61.3 cm³/mol. The summed E-state index contributed by atoms with van der Waals surface area (Å²) in [6.45, 7) is 0.303. The lowest BCUT2D eigenvalue weighted by Gasteiger charge is -2.15. The van der Waals surface area contributed by atoms with E-state index in [9.17, 15) is 0 Å². The molecule has 1 N–H and O–H groups in total. The Bertz CT molecular complexity index is 290. The van der Waals surface area contributed by atoms with Crippen molar-refractivity contribution >= 4 is 15.9 Å². The Labute approximate surface area is 93.3 Å². The van der Waals surface area contributed by atoms with E-state index in [2.05, 4.69) is 40.2 Å². The molecule has 0 aromatic heterocycles. The molecule has 0 amide bonds. The zero-order valence-electron chi connectivity index (χ0n) is 8.12. The van der Waals surface area contributed by atoms with Crippen LogP contribution >= 0.6 is 15.9 Å². The van der Waals surface area contributed by atoms with Gasteiger partial charge in [-0.25, -0.2) is 0 Å². The van der Waals surface area contributed by atoms with Crippen LogP contribution in [0.2, 0.25) is 0 Å². The molecule has 1 saturated carbocycles. The highest BCUT2D eigenvalue weighted by molar-refractivity contribution is 9.10. The fourth-order valence-corrected chi connectivity index (χ4v) is 2.29. The molecule has 0 radical (unpaired) electrons. The van der Waals surface area contributed by atoms with Crippen molar-refractivity contribution in [3.63, 3.8) is 0 Å². The van der Waals surface area contributed by atoms with Crippen LogP contribution < -0.4 is 0 Å². The van der Waals surface area contributed by atoms with Crippen LogP contribution in [0.3, 0.4) is 0 Å². The molecule has 0 spiro atoms. The number of hydrogen-bond donors (Lipinski definition) is 1. The van der Waals surface area contributed by atoms with Crippen molar-refractivity contribution in [2.45, 2.75) is 25.2 Å². The standard InChI is InChI=1S/C12H15BrO/c13-11-5-3-10(4-6-11)12(7-8-14)9-1-2-9/h3-6,9,12,14H,1-2,7-8H2. The van der Waals surface area contributed by atoms with Gasteiger partial charge in [-0.3, -0.25) is 0 Å². The number of hydrogen-bond acceptors (Lipinski definition) is 1. The highest BCUT2D eigenvalue weighted by Crippen LogP contribution is 2.44. The lowest BCUT2D eigenvalue weighted by atomic mass is 9.91. The number of halogens is 1. The third kappa shape index (κ3) is 2.37. The Morgan fingerprint density at radius 2 is 1.93 bits per heavy atom. The van der Waals surface area contributed by atoms with E-state index >= 15 is 0 Å². The van der Waals surface area contributed by atoms with Gasteiger partial charge < -0.3 is 5.11 Å². The molecular formula is C12H15BrO. The largest absolute Gasteiger partial charge is 0.396 e. The third-order valence-corrected chi connectivity index (χ3v) is 3.46. The van der Waals surface area contributed by atoms with Crippen LogP contribution in [-0.4, -0.2) is 11.7 Å². The van der Waals surface area contributed by atoms with Gasteiger partial charge >= 0.3 is 0 Å². The maximum Gasteiger partial charge on any atom is 0.0436 e. The normalized spacial score (nSPS) is 18.1. The van der Waals surface area contributed by atoms with E-state index in [0.717, 1.165) is 16.8 Å². The van der Waals surface area contributed by atoms with Crippen LogP contribution in [0.4, 0.5) is 0 Å². The minimum Gasteiger partial charge on any atom is -0.396 e. The molecule has 0 bridgehead atoms. The summed E-state index contributed by atoms with van der Waals surface area (Å²) in [6.07, 6.45) is 3.58. The molecule has 1 unspecified atom stereocenters. The van der Waals surface area contributed by atoms with Gasteiger partial charge in [-0.15, -0.1) is 0 Å². The third-order valence-electron chi connectivity index (χ3n) is 2.93. The van der Waals surface area contributed by atoms with Gasteiger partial charge in [0.25, 0.3) is 0 Å². The molecule has 1 aromatic rings. The number of aliphatic hydroxyl groups is 1. The van der Waals surface area contributed by atoms with Gasteiger partial charge in [0.15, 0.2) is 0 Å². The van der Waals surface area contributed by atoms with Crippen molar-refractivity contribution < 1.29 is 5.11 Å². The summed E-state index contributed by atoms with van der Waals surface area (Å²) in [5.41, 5.74) is 1.38. The minimum atomic E-state index is 0.303. The molecule has 14 heavy (non-hydrogen) atoms. The second kappa shape index (κ2) is 4.45. The second-order valence-corrected chi connectivity index (χ2v) is 4.92. The summed E-state index contributed by atoms with van der Waals surface area (Å²) in [6, 6.07) is 8.51. The summed E-state index contributed by atoms with van der Waals surface area (Å²) in [4.78, 5) is 0. The van der Waals surface area contributed by atoms with Crippen LogP contribution in [0.1, 0.15) is 30.7 Å². The molecule has 76 valence electrons. The Kier molecular flexibility index (Phi) is 3.24. The van der Waals surface area contributed by atoms with Gasteiger partial charge in [0.2, 0.25) is 0 Å². The van der Waals surface area contributed by atoms with Crippen LogP contribution in [0.15, 0.2) is 28.7 Å². The second-order valence-electron chi connectivity index (χ2n) is 4.01. The maximum atomic E-state index is 9.02. The molecule has 0 heterocycles. The quantitative estimate of drug-likeness (QED) is 0.874. The number of rotatable bonds is 4. The molecule has 1 fully saturated rings. The first-order chi connectivity index (χ1) is 6.81. The molecule has 2 rings (SSSR count). The molecule has 1 aliphatic carbocycles. The minimum absolute atomic E-state index is 0.303. The van der Waals surface area contributed by atoms with E-state index in [0.29, 0.717) is 12.5 Å². The van der Waals surface area contributed by atoms with E-state index in [1.54, 1.807) is 0 Å². The smallest absolute Gasteiger partial charge is 0.0436 e. The summed E-state index contributed by atoms with van der Waals surface area (Å²) in [5.74, 6) is 1.40. The van der Waals surface area contributed by atoms with Crippen LogP contribution in [0.25, 0.3) is 0 Å². The molecule has 0 saturated heterocycles. The van der Waals surface area contributed by atoms with Crippen molar-refractivity contribution in [1.82, 2.24) is 0 Å². The lowest BCUT2D eigenvalue weighted by molar-refractivity contribution is 0.270. The first-order valence-electron chi connectivity index (χ1n) is 5.17. The van der Waals surface area contributed by atoms with Crippen molar-refractivity contribution in [3.05, 3.63) is 34.3 Å². The topological polar surface area (TPSA) is 20.2 Å². The molecule has 0 aliphatic heterocycles. The van der Waals surface area contributed by atoms with Gasteiger partial charge in [-0.05, 0) is 48.8 Å². The van der Waals surface area contributed by atoms with Gasteiger partial charge in [0.1, 0.15) is 0 Å². The van der Waals surface area contributed by atoms with Crippen molar-refractivity contribution in [2.75, 3.05) is 6.61 Å². The zero-order valence-corrected chi connectivity index (χ0v) is 9.70. The van der Waals surface area contributed by atoms with Crippen molar-refractivity contribution in [1.29, 1.82) is 0 Å². The van der Waals surface area contributed by atoms with E-state index < -0.39 is 0 Å². The molecule has 1 nitrogen and oxygen atoms in total. The van der Waals surface area contributed by atoms with Crippen LogP contribution in [0.5, 0.6) is 0 Å². The summed E-state index contributed by atoms with van der Waals surface area (Å²) in [7, 11) is 0. The fraction of sp³-hybridized carbons (Fsp3) is 0.500. The predicted octanol–water partition coefficient (Wildman–Crippen LogP) is 3.33. The van der Waals surface area contributed by atoms with E-state index in [-0.39, 0.29) is 0 Å². The summed E-state index contributed by atoms with van der Waals surface area (Å²) in [5, 5.41) is 9.02. The highest BCUT2D eigenvalue weighted by atomic mass is 79.9. The van der Waals surface area contributed by atoms with Crippen LogP contribution in [-0.2, 0) is 0 Å². The lowest BCUT2D eigenvalue weighted by Crippen LogP contribution is -2.03. The van der Waals surface area contributed by atoms with Crippen molar-refractivity contribution in [3.8, 4) is 0 Å². The molecular weight excluding hydrogens is 240 g/mol. The average Bonchev–Trinajstić information content (AvgIpc) is 2.99. The Morgan fingerprint density at radius 1 is 1.29 bits per heavy atom. The van der Waals surface area contributed by atoms with Gasteiger partial charge in [-0.2, -0.15) is 0 Å². The summed E-state index contributed by atoms with van der Waals surface area (Å²) < 4.78 is 1.12. The monoisotopic (exact) mass is 254 g/mol. The Hall–Kier alpha value is -0.340. The molecule has 1 atom stereocenters. The molecule has 2 heteroatoms.